The van der Waals surface area contributed by atoms with Crippen molar-refractivity contribution < 1.29 is 4.79 Å². The highest BCUT2D eigenvalue weighted by atomic mass is 127. The summed E-state index contributed by atoms with van der Waals surface area (Å²) in [6, 6.07) is 5.15. The van der Waals surface area contributed by atoms with Gasteiger partial charge in [0.15, 0.2) is 0 Å². The van der Waals surface area contributed by atoms with Gasteiger partial charge in [-0.1, -0.05) is 30.7 Å². The van der Waals surface area contributed by atoms with Gasteiger partial charge in [0.05, 0.1) is 15.6 Å². The van der Waals surface area contributed by atoms with Crippen molar-refractivity contribution in [2.75, 3.05) is 0 Å². The van der Waals surface area contributed by atoms with E-state index in [-0.39, 0.29) is 10.9 Å². The van der Waals surface area contributed by atoms with Gasteiger partial charge in [0, 0.05) is 9.13 Å². The average molecular weight is 397 g/mol. The lowest BCUT2D eigenvalue weighted by Crippen LogP contribution is -2.54. The molecule has 0 radical (unpaired) electrons. The third-order valence-corrected chi connectivity index (χ3v) is 4.84. The van der Waals surface area contributed by atoms with Crippen molar-refractivity contribution in [2.24, 2.45) is 5.73 Å². The topological polar surface area (TPSA) is 55.1 Å². The molecule has 6 heteroatoms. The first kappa shape index (κ1) is 15.7. The maximum atomic E-state index is 12.1. The fraction of sp³-hybridized carbons (Fsp3) is 0.333. The third-order valence-electron chi connectivity index (χ3n) is 2.82. The molecular weight excluding hydrogens is 383 g/mol. The van der Waals surface area contributed by atoms with E-state index in [1.165, 1.54) is 0 Å². The molecule has 0 heterocycles. The molecule has 0 aliphatic carbocycles. The molecule has 1 rings (SSSR count). The first-order valence-corrected chi connectivity index (χ1v) is 7.24. The average Bonchev–Trinajstić information content (AvgIpc) is 2.32. The highest BCUT2D eigenvalue weighted by Gasteiger charge is 2.28. The molecule has 0 bridgehead atoms. The number of nitrogens with one attached hydrogen (secondary N) is 1. The van der Waals surface area contributed by atoms with Crippen molar-refractivity contribution in [2.45, 2.75) is 25.8 Å². The zero-order valence-electron chi connectivity index (χ0n) is 10.1. The molecule has 0 aromatic heterocycles. The van der Waals surface area contributed by atoms with E-state index in [9.17, 15) is 4.79 Å². The van der Waals surface area contributed by atoms with Crippen LogP contribution < -0.4 is 11.1 Å². The van der Waals surface area contributed by atoms with Gasteiger partial charge in [-0.2, -0.15) is 0 Å². The van der Waals surface area contributed by atoms with Gasteiger partial charge in [-0.3, -0.25) is 4.79 Å². The van der Waals surface area contributed by atoms with Crippen LogP contribution in [0, 0.1) is 3.57 Å². The van der Waals surface area contributed by atoms with Gasteiger partial charge in [-0.15, -0.1) is 0 Å². The fourth-order valence-electron chi connectivity index (χ4n) is 1.28. The lowest BCUT2D eigenvalue weighted by Gasteiger charge is -2.28. The van der Waals surface area contributed by atoms with Crippen LogP contribution in [-0.2, 0) is 0 Å². The molecule has 0 aliphatic heterocycles. The third kappa shape index (κ3) is 3.55. The predicted molar refractivity (Wildman–Crippen MR) is 87.1 cm³/mol. The molecule has 1 amide bonds. The van der Waals surface area contributed by atoms with Crippen LogP contribution in [0.5, 0.6) is 0 Å². The van der Waals surface area contributed by atoms with Crippen LogP contribution in [-0.4, -0.2) is 16.4 Å². The second-order valence-electron chi connectivity index (χ2n) is 4.13. The second kappa shape index (κ2) is 6.16. The minimum Gasteiger partial charge on any atom is -0.391 e. The van der Waals surface area contributed by atoms with Crippen LogP contribution in [0.1, 0.15) is 30.6 Å². The molecule has 1 aromatic carbocycles. The van der Waals surface area contributed by atoms with Gasteiger partial charge >= 0.3 is 0 Å². The van der Waals surface area contributed by atoms with Crippen molar-refractivity contribution >= 4 is 57.3 Å². The summed E-state index contributed by atoms with van der Waals surface area (Å²) in [4.78, 5) is 12.4. The molecule has 98 valence electrons. The minimum absolute atomic E-state index is 0.231. The predicted octanol–water partition coefficient (Wildman–Crippen LogP) is 3.13. The van der Waals surface area contributed by atoms with Gasteiger partial charge < -0.3 is 11.1 Å². The first-order chi connectivity index (χ1) is 8.30. The number of thiocarbonyl (C=S) groups is 1. The molecule has 0 saturated carbocycles. The molecule has 1 atom stereocenters. The van der Waals surface area contributed by atoms with Crippen molar-refractivity contribution in [3.8, 4) is 0 Å². The normalized spacial score (nSPS) is 13.8. The van der Waals surface area contributed by atoms with Crippen LogP contribution in [0.3, 0.4) is 0 Å². The van der Waals surface area contributed by atoms with Crippen LogP contribution in [0.2, 0.25) is 5.02 Å². The van der Waals surface area contributed by atoms with Crippen molar-refractivity contribution in [1.82, 2.24) is 5.32 Å². The SMILES string of the molecule is CCC(C)(NC(=O)c1ccc(I)c(Cl)c1)C(N)=S. The summed E-state index contributed by atoms with van der Waals surface area (Å²) in [6.07, 6.45) is 0.631. The van der Waals surface area contributed by atoms with Gasteiger partial charge in [-0.25, -0.2) is 0 Å². The molecule has 1 aromatic rings. The molecule has 3 nitrogen and oxygen atoms in total. The van der Waals surface area contributed by atoms with Crippen molar-refractivity contribution in [1.29, 1.82) is 0 Å². The molecule has 3 N–H and O–H groups in total. The highest BCUT2D eigenvalue weighted by Crippen LogP contribution is 2.20. The first-order valence-electron chi connectivity index (χ1n) is 5.37. The Labute approximate surface area is 131 Å². The van der Waals surface area contributed by atoms with Crippen LogP contribution >= 0.6 is 46.4 Å². The zero-order chi connectivity index (χ0) is 13.9. The van der Waals surface area contributed by atoms with Crippen molar-refractivity contribution in [3.63, 3.8) is 0 Å². The molecule has 0 spiro atoms. The minimum atomic E-state index is -0.679. The summed E-state index contributed by atoms with van der Waals surface area (Å²) in [7, 11) is 0. The number of hydrogen-bond acceptors (Lipinski definition) is 2. The number of rotatable bonds is 4. The van der Waals surface area contributed by atoms with E-state index >= 15 is 0 Å². The summed E-state index contributed by atoms with van der Waals surface area (Å²) in [5.41, 5.74) is 5.47. The lowest BCUT2D eigenvalue weighted by molar-refractivity contribution is 0.0926. The Bertz CT molecular complexity index is 495. The van der Waals surface area contributed by atoms with Crippen LogP contribution in [0.15, 0.2) is 18.2 Å². The number of carbonyl (C=O) groups excluding carboxylic acids is 1. The Hall–Kier alpha value is -0.400. The van der Waals surface area contributed by atoms with E-state index in [0.29, 0.717) is 17.0 Å². The maximum Gasteiger partial charge on any atom is 0.252 e. The Balaban J connectivity index is 2.95. The van der Waals surface area contributed by atoms with E-state index < -0.39 is 5.54 Å². The standard InChI is InChI=1S/C12H14ClIN2OS/c1-3-12(2,11(15)18)16-10(17)7-4-5-9(14)8(13)6-7/h4-6H,3H2,1-2H3,(H2,15,18)(H,16,17). The summed E-state index contributed by atoms with van der Waals surface area (Å²) in [6.45, 7) is 3.72. The molecule has 18 heavy (non-hydrogen) atoms. The summed E-state index contributed by atoms with van der Waals surface area (Å²) < 4.78 is 0.901. The lowest BCUT2D eigenvalue weighted by atomic mass is 9.98. The molecule has 0 saturated heterocycles. The Morgan fingerprint density at radius 2 is 2.22 bits per heavy atom. The fourth-order valence-corrected chi connectivity index (χ4v) is 2.00. The monoisotopic (exact) mass is 396 g/mol. The van der Waals surface area contributed by atoms with E-state index in [4.69, 9.17) is 29.6 Å². The Morgan fingerprint density at radius 3 is 2.67 bits per heavy atom. The van der Waals surface area contributed by atoms with E-state index in [2.05, 4.69) is 27.9 Å². The van der Waals surface area contributed by atoms with Gasteiger partial charge in [0.1, 0.15) is 0 Å². The number of benzene rings is 1. The number of amides is 1. The number of nitrogens with two attached hydrogens (primary N) is 1. The second-order valence-corrected chi connectivity index (χ2v) is 6.14. The van der Waals surface area contributed by atoms with Gasteiger partial charge in [0.25, 0.3) is 5.91 Å². The van der Waals surface area contributed by atoms with Gasteiger partial charge in [-0.05, 0) is 54.1 Å². The molecule has 1 unspecified atom stereocenters. The van der Waals surface area contributed by atoms with E-state index in [1.54, 1.807) is 18.2 Å². The number of carbonyl (C=O) groups is 1. The molecule has 0 aliphatic rings. The largest absolute Gasteiger partial charge is 0.391 e. The van der Waals surface area contributed by atoms with E-state index in [1.807, 2.05) is 13.8 Å². The van der Waals surface area contributed by atoms with Gasteiger partial charge in [0.2, 0.25) is 0 Å². The summed E-state index contributed by atoms with van der Waals surface area (Å²) in [5, 5.41) is 3.39. The smallest absolute Gasteiger partial charge is 0.252 e. The number of hydrogen-bond donors (Lipinski definition) is 2. The highest BCUT2D eigenvalue weighted by molar-refractivity contribution is 14.1. The quantitative estimate of drug-likeness (QED) is 0.607. The van der Waals surface area contributed by atoms with Crippen LogP contribution in [0.4, 0.5) is 0 Å². The molecule has 0 fully saturated rings. The Morgan fingerprint density at radius 1 is 1.61 bits per heavy atom. The zero-order valence-corrected chi connectivity index (χ0v) is 13.8. The summed E-state index contributed by atoms with van der Waals surface area (Å²) in [5.74, 6) is -0.231. The maximum absolute atomic E-state index is 12.1. The van der Waals surface area contributed by atoms with Crippen LogP contribution in [0.25, 0.3) is 0 Å². The Kier molecular flexibility index (Phi) is 5.36. The number of halogens is 2. The molecular formula is C12H14ClIN2OS. The summed E-state index contributed by atoms with van der Waals surface area (Å²) >= 11 is 13.1. The van der Waals surface area contributed by atoms with E-state index in [0.717, 1.165) is 3.57 Å². The van der Waals surface area contributed by atoms with Crippen molar-refractivity contribution in [3.05, 3.63) is 32.4 Å².